The largest absolute Gasteiger partial charge is 0.738 e. The third-order valence-electron chi connectivity index (χ3n) is 4.08. The topological polar surface area (TPSA) is 7.94 Å². The number of hydrogen-bond acceptors (Lipinski definition) is 0. The number of halogens is 6. The van der Waals surface area contributed by atoms with E-state index in [1.807, 2.05) is 0 Å². The minimum absolute atomic E-state index is 0.203. The van der Waals surface area contributed by atoms with E-state index in [1.165, 1.54) is 30.4 Å². The quantitative estimate of drug-likeness (QED) is 0.421. The Kier molecular flexibility index (Phi) is 3.44. The lowest BCUT2D eigenvalue weighted by atomic mass is 9.86. The van der Waals surface area contributed by atoms with E-state index in [-0.39, 0.29) is 20.6 Å². The van der Waals surface area contributed by atoms with Gasteiger partial charge in [0.2, 0.25) is 4.62 Å². The van der Waals surface area contributed by atoms with Crippen LogP contribution < -0.4 is 0 Å². The molecule has 0 spiro atoms. The molecule has 0 saturated heterocycles. The van der Waals surface area contributed by atoms with E-state index in [0.29, 0.717) is 11.1 Å². The smallest absolute Gasteiger partial charge is 0.389 e. The third kappa shape index (κ3) is 2.04. The molecule has 2 aliphatic heterocycles. The summed E-state index contributed by atoms with van der Waals surface area (Å²) < 4.78 is 59.1. The highest BCUT2D eigenvalue weighted by atomic mass is 79.9. The molecule has 4 rings (SSSR count). The van der Waals surface area contributed by atoms with Gasteiger partial charge in [0, 0.05) is 33.8 Å². The molecule has 24 heavy (non-hydrogen) atoms. The molecule has 0 N–H and O–H groups in total. The van der Waals surface area contributed by atoms with Crippen LogP contribution in [0.15, 0.2) is 52.8 Å². The summed E-state index contributed by atoms with van der Waals surface area (Å²) in [6.07, 6.45) is 3.03. The van der Waals surface area contributed by atoms with Crippen LogP contribution in [-0.4, -0.2) is 20.6 Å². The zero-order valence-electron chi connectivity index (χ0n) is 11.8. The Balaban J connectivity index is 2.10. The van der Waals surface area contributed by atoms with Crippen molar-refractivity contribution in [2.24, 2.45) is 0 Å². The summed E-state index contributed by atoms with van der Waals surface area (Å²) in [5, 5.41) is 0. The predicted octanol–water partition coefficient (Wildman–Crippen LogP) is 4.90. The van der Waals surface area contributed by atoms with Crippen LogP contribution in [0.3, 0.4) is 0 Å². The molecule has 9 heteroatoms. The number of hydrogen-bond donors (Lipinski definition) is 0. The average molecular weight is 462 g/mol. The molecule has 0 amide bonds. The normalized spacial score (nSPS) is 18.2. The van der Waals surface area contributed by atoms with E-state index >= 15 is 0 Å². The molecule has 0 unspecified atom stereocenters. The van der Waals surface area contributed by atoms with Crippen LogP contribution in [0.25, 0.3) is 5.57 Å². The van der Waals surface area contributed by atoms with E-state index in [4.69, 9.17) is 0 Å². The molecule has 0 bridgehead atoms. The van der Waals surface area contributed by atoms with Gasteiger partial charge in [-0.2, -0.15) is 0 Å². The predicted molar refractivity (Wildman–Crippen MR) is 91.2 cm³/mol. The van der Waals surface area contributed by atoms with Crippen molar-refractivity contribution in [3.05, 3.63) is 75.7 Å². The van der Waals surface area contributed by atoms with Gasteiger partial charge >= 0.3 is 6.97 Å². The van der Waals surface area contributed by atoms with Crippen molar-refractivity contribution >= 4 is 49.0 Å². The second kappa shape index (κ2) is 5.19. The summed E-state index contributed by atoms with van der Waals surface area (Å²) in [6, 6.07) is 6.41. The number of fused-ring (bicyclic) bond motifs is 2. The van der Waals surface area contributed by atoms with Crippen LogP contribution in [0.1, 0.15) is 11.3 Å². The first kappa shape index (κ1) is 15.9. The fraction of sp³-hybridized carbons (Fsp3) is 0. The van der Waals surface area contributed by atoms with Gasteiger partial charge in [-0.1, -0.05) is 6.07 Å². The maximum atomic E-state index is 15.0. The van der Waals surface area contributed by atoms with E-state index in [9.17, 15) is 17.4 Å². The molecule has 3 heterocycles. The minimum atomic E-state index is -4.13. The molecular formula is C15H7BBr2F4N2. The van der Waals surface area contributed by atoms with Crippen LogP contribution in [0.2, 0.25) is 0 Å². The number of benzene rings is 1. The molecule has 2 nitrogen and oxygen atoms in total. The lowest BCUT2D eigenvalue weighted by Crippen LogP contribution is -2.50. The van der Waals surface area contributed by atoms with Crippen LogP contribution in [0.4, 0.5) is 17.4 Å². The monoisotopic (exact) mass is 460 g/mol. The highest BCUT2D eigenvalue weighted by molar-refractivity contribution is 9.18. The van der Waals surface area contributed by atoms with Crippen LogP contribution in [0, 0.1) is 11.6 Å². The first-order valence-electron chi connectivity index (χ1n) is 6.91. The zero-order valence-corrected chi connectivity index (χ0v) is 15.0. The fourth-order valence-electron chi connectivity index (χ4n) is 3.08. The molecule has 1 aromatic carbocycles. The molecular weight excluding hydrogens is 455 g/mol. The molecule has 2 aromatic rings. The summed E-state index contributed by atoms with van der Waals surface area (Å²) >= 11 is 6.28. The number of allylic oxidation sites excluding steroid dienone is 2. The molecule has 0 atom stereocenters. The Labute approximate surface area is 151 Å². The molecule has 122 valence electrons. The minimum Gasteiger partial charge on any atom is -0.389 e. The average Bonchev–Trinajstić information content (AvgIpc) is 3.08. The Hall–Kier alpha value is -1.61. The van der Waals surface area contributed by atoms with Gasteiger partial charge in [-0.15, -0.1) is 0 Å². The summed E-state index contributed by atoms with van der Waals surface area (Å²) in [5.74, 6) is -2.02. The Morgan fingerprint density at radius 3 is 2.42 bits per heavy atom. The van der Waals surface area contributed by atoms with Gasteiger partial charge in [0.05, 0.1) is 10.2 Å². The summed E-state index contributed by atoms with van der Waals surface area (Å²) in [5.41, 5.74) is 1.18. The number of nitrogens with zero attached hydrogens (tertiary/aromatic N) is 2. The van der Waals surface area contributed by atoms with Crippen molar-refractivity contribution in [1.29, 1.82) is 0 Å². The molecule has 0 saturated carbocycles. The number of rotatable bonds is 1. The van der Waals surface area contributed by atoms with Crippen molar-refractivity contribution < 1.29 is 21.9 Å². The SMILES string of the molecule is Fc1ccc(C2=C3C=CC(Br)=[N+]3[B-](F)(F)n3c(Br)ccc32)cc1F. The van der Waals surface area contributed by atoms with E-state index in [1.54, 1.807) is 0 Å². The van der Waals surface area contributed by atoms with Crippen LogP contribution in [0.5, 0.6) is 0 Å². The van der Waals surface area contributed by atoms with Gasteiger partial charge in [0.25, 0.3) is 0 Å². The van der Waals surface area contributed by atoms with Crippen molar-refractivity contribution in [2.75, 3.05) is 0 Å². The fourth-order valence-corrected chi connectivity index (χ4v) is 4.22. The molecule has 0 radical (unpaired) electrons. The number of aromatic nitrogens is 1. The first-order valence-corrected chi connectivity index (χ1v) is 8.50. The molecule has 0 aliphatic carbocycles. The lowest BCUT2D eigenvalue weighted by Gasteiger charge is -2.32. The van der Waals surface area contributed by atoms with Gasteiger partial charge in [-0.05, 0) is 45.8 Å². The van der Waals surface area contributed by atoms with Gasteiger partial charge in [-0.3, -0.25) is 0 Å². The Morgan fingerprint density at radius 1 is 0.958 bits per heavy atom. The van der Waals surface area contributed by atoms with Gasteiger partial charge in [-0.25, -0.2) is 8.78 Å². The van der Waals surface area contributed by atoms with Gasteiger partial charge < -0.3 is 17.6 Å². The maximum absolute atomic E-state index is 15.0. The Bertz CT molecular complexity index is 991. The van der Waals surface area contributed by atoms with Crippen molar-refractivity contribution in [3.63, 3.8) is 0 Å². The van der Waals surface area contributed by atoms with Gasteiger partial charge in [0.15, 0.2) is 17.3 Å². The van der Waals surface area contributed by atoms with Crippen molar-refractivity contribution in [1.82, 2.24) is 4.48 Å². The summed E-state index contributed by atoms with van der Waals surface area (Å²) in [7, 11) is 0. The van der Waals surface area contributed by atoms with Crippen molar-refractivity contribution in [3.8, 4) is 0 Å². The van der Waals surface area contributed by atoms with E-state index in [2.05, 4.69) is 31.9 Å². The molecule has 2 aliphatic rings. The second-order valence-corrected chi connectivity index (χ2v) is 7.04. The highest BCUT2D eigenvalue weighted by Gasteiger charge is 2.54. The van der Waals surface area contributed by atoms with E-state index < -0.39 is 18.6 Å². The Morgan fingerprint density at radius 2 is 1.71 bits per heavy atom. The standard InChI is InChI=1S/C15H7BBr2F4N2/c17-13-5-3-11-15(8-1-2-9(19)10(20)7-8)12-4-6-14(18)24(12)16(21,22)23(11)13/h1-7H. The maximum Gasteiger partial charge on any atom is 0.738 e. The van der Waals surface area contributed by atoms with Crippen LogP contribution in [-0.2, 0) is 0 Å². The second-order valence-electron chi connectivity index (χ2n) is 5.41. The lowest BCUT2D eigenvalue weighted by molar-refractivity contribution is -0.358. The van der Waals surface area contributed by atoms with Gasteiger partial charge in [0.1, 0.15) is 0 Å². The molecule has 1 aromatic heterocycles. The van der Waals surface area contributed by atoms with E-state index in [0.717, 1.165) is 21.1 Å². The third-order valence-corrected chi connectivity index (χ3v) is 5.37. The first-order chi connectivity index (χ1) is 11.3. The summed E-state index contributed by atoms with van der Waals surface area (Å²) in [6.45, 7) is -4.13. The molecule has 0 fully saturated rings. The van der Waals surface area contributed by atoms with Crippen LogP contribution >= 0.6 is 31.9 Å². The highest BCUT2D eigenvalue weighted by Crippen LogP contribution is 2.42. The summed E-state index contributed by atoms with van der Waals surface area (Å²) in [4.78, 5) is 0. The zero-order chi connectivity index (χ0) is 17.2. The van der Waals surface area contributed by atoms with Crippen molar-refractivity contribution in [2.45, 2.75) is 0 Å².